The molecule has 18 heavy (non-hydrogen) atoms. The van der Waals surface area contributed by atoms with Gasteiger partial charge in [-0.25, -0.2) is 4.39 Å². The number of ether oxygens (including phenoxy) is 1. The lowest BCUT2D eigenvalue weighted by Crippen LogP contribution is -2.01. The summed E-state index contributed by atoms with van der Waals surface area (Å²) >= 11 is 3.23. The predicted octanol–water partition coefficient (Wildman–Crippen LogP) is 4.21. The zero-order valence-electron chi connectivity index (χ0n) is 9.91. The number of halogens is 2. The summed E-state index contributed by atoms with van der Waals surface area (Å²) in [4.78, 5) is 0. The van der Waals surface area contributed by atoms with Crippen molar-refractivity contribution in [2.75, 3.05) is 12.4 Å². The van der Waals surface area contributed by atoms with Gasteiger partial charge >= 0.3 is 0 Å². The standard InChI is InChI=1S/C14H13BrFNO/c1-18-12-5-2-10(3-6-12)9-17-14-7-4-11(15)8-13(14)16/h2-8,17H,9H2,1H3. The Morgan fingerprint density at radius 3 is 2.50 bits per heavy atom. The Labute approximate surface area is 114 Å². The van der Waals surface area contributed by atoms with E-state index in [1.54, 1.807) is 19.2 Å². The van der Waals surface area contributed by atoms with Crippen molar-refractivity contribution < 1.29 is 9.13 Å². The number of anilines is 1. The topological polar surface area (TPSA) is 21.3 Å². The molecule has 0 spiro atoms. The molecular weight excluding hydrogens is 297 g/mol. The molecule has 94 valence electrons. The molecule has 0 atom stereocenters. The fraction of sp³-hybridized carbons (Fsp3) is 0.143. The van der Waals surface area contributed by atoms with E-state index in [1.165, 1.54) is 6.07 Å². The molecule has 4 heteroatoms. The Bertz CT molecular complexity index is 528. The van der Waals surface area contributed by atoms with Crippen molar-refractivity contribution in [3.63, 3.8) is 0 Å². The first kappa shape index (κ1) is 12.9. The van der Waals surface area contributed by atoms with Gasteiger partial charge < -0.3 is 10.1 Å². The largest absolute Gasteiger partial charge is 0.497 e. The lowest BCUT2D eigenvalue weighted by Gasteiger charge is -2.08. The van der Waals surface area contributed by atoms with Gasteiger partial charge in [0.1, 0.15) is 11.6 Å². The highest BCUT2D eigenvalue weighted by Crippen LogP contribution is 2.20. The Kier molecular flexibility index (Phi) is 4.20. The first-order chi connectivity index (χ1) is 8.69. The van der Waals surface area contributed by atoms with Crippen LogP contribution in [-0.4, -0.2) is 7.11 Å². The third kappa shape index (κ3) is 3.23. The van der Waals surface area contributed by atoms with E-state index < -0.39 is 0 Å². The van der Waals surface area contributed by atoms with E-state index in [0.717, 1.165) is 15.8 Å². The molecule has 0 aromatic heterocycles. The minimum atomic E-state index is -0.266. The van der Waals surface area contributed by atoms with Gasteiger partial charge in [0.15, 0.2) is 0 Å². The number of nitrogens with one attached hydrogen (secondary N) is 1. The quantitative estimate of drug-likeness (QED) is 0.913. The Morgan fingerprint density at radius 1 is 1.17 bits per heavy atom. The van der Waals surface area contributed by atoms with Crippen LogP contribution in [0.15, 0.2) is 46.9 Å². The maximum atomic E-state index is 13.6. The smallest absolute Gasteiger partial charge is 0.147 e. The predicted molar refractivity (Wildman–Crippen MR) is 74.4 cm³/mol. The highest BCUT2D eigenvalue weighted by molar-refractivity contribution is 9.10. The second-order valence-electron chi connectivity index (χ2n) is 3.83. The lowest BCUT2D eigenvalue weighted by atomic mass is 10.2. The monoisotopic (exact) mass is 309 g/mol. The van der Waals surface area contributed by atoms with E-state index in [0.29, 0.717) is 12.2 Å². The Morgan fingerprint density at radius 2 is 1.89 bits per heavy atom. The third-order valence-electron chi connectivity index (χ3n) is 2.57. The molecule has 0 radical (unpaired) electrons. The van der Waals surface area contributed by atoms with Crippen molar-refractivity contribution in [3.05, 3.63) is 58.3 Å². The van der Waals surface area contributed by atoms with Crippen LogP contribution in [-0.2, 0) is 6.54 Å². The number of hydrogen-bond acceptors (Lipinski definition) is 2. The SMILES string of the molecule is COc1ccc(CNc2ccc(Br)cc2F)cc1. The van der Waals surface area contributed by atoms with Crippen LogP contribution in [0, 0.1) is 5.82 Å². The number of methoxy groups -OCH3 is 1. The molecule has 0 saturated heterocycles. The van der Waals surface area contributed by atoms with Gasteiger partial charge in [-0.15, -0.1) is 0 Å². The van der Waals surface area contributed by atoms with Gasteiger partial charge in [-0.05, 0) is 35.9 Å². The summed E-state index contributed by atoms with van der Waals surface area (Å²) in [6, 6.07) is 12.6. The van der Waals surface area contributed by atoms with E-state index >= 15 is 0 Å². The van der Waals surface area contributed by atoms with Crippen LogP contribution in [0.2, 0.25) is 0 Å². The second-order valence-corrected chi connectivity index (χ2v) is 4.74. The molecule has 1 N–H and O–H groups in total. The summed E-state index contributed by atoms with van der Waals surface area (Å²) in [5.74, 6) is 0.548. The molecular formula is C14H13BrFNO. The van der Waals surface area contributed by atoms with Crippen LogP contribution >= 0.6 is 15.9 Å². The van der Waals surface area contributed by atoms with Gasteiger partial charge in [0.2, 0.25) is 0 Å². The highest BCUT2D eigenvalue weighted by Gasteiger charge is 2.02. The summed E-state index contributed by atoms with van der Waals surface area (Å²) < 4.78 is 19.4. The Hall–Kier alpha value is -1.55. The minimum absolute atomic E-state index is 0.266. The minimum Gasteiger partial charge on any atom is -0.497 e. The van der Waals surface area contributed by atoms with Crippen molar-refractivity contribution in [2.45, 2.75) is 6.54 Å². The zero-order chi connectivity index (χ0) is 13.0. The molecule has 0 saturated carbocycles. The van der Waals surface area contributed by atoms with Crippen LogP contribution in [0.1, 0.15) is 5.56 Å². The van der Waals surface area contributed by atoms with Gasteiger partial charge in [-0.3, -0.25) is 0 Å². The van der Waals surface area contributed by atoms with Crippen LogP contribution in [0.3, 0.4) is 0 Å². The molecule has 0 aliphatic rings. The van der Waals surface area contributed by atoms with Crippen molar-refractivity contribution >= 4 is 21.6 Å². The first-order valence-electron chi connectivity index (χ1n) is 5.51. The van der Waals surface area contributed by atoms with E-state index in [4.69, 9.17) is 4.74 Å². The summed E-state index contributed by atoms with van der Waals surface area (Å²) in [5, 5.41) is 3.06. The van der Waals surface area contributed by atoms with E-state index in [9.17, 15) is 4.39 Å². The number of benzene rings is 2. The highest BCUT2D eigenvalue weighted by atomic mass is 79.9. The maximum Gasteiger partial charge on any atom is 0.147 e. The van der Waals surface area contributed by atoms with E-state index in [1.807, 2.05) is 24.3 Å². The zero-order valence-corrected chi connectivity index (χ0v) is 11.5. The summed E-state index contributed by atoms with van der Waals surface area (Å²) in [6.07, 6.45) is 0. The van der Waals surface area contributed by atoms with Crippen LogP contribution in [0.4, 0.5) is 10.1 Å². The molecule has 0 aliphatic heterocycles. The Balaban J connectivity index is 2.02. The first-order valence-corrected chi connectivity index (χ1v) is 6.30. The van der Waals surface area contributed by atoms with Crippen molar-refractivity contribution in [2.24, 2.45) is 0 Å². The summed E-state index contributed by atoms with van der Waals surface area (Å²) in [7, 11) is 1.63. The second kappa shape index (κ2) is 5.87. The molecule has 2 rings (SSSR count). The number of hydrogen-bond donors (Lipinski definition) is 1. The number of rotatable bonds is 4. The molecule has 2 aromatic carbocycles. The molecule has 0 fully saturated rings. The van der Waals surface area contributed by atoms with Crippen molar-refractivity contribution in [3.8, 4) is 5.75 Å². The average molecular weight is 310 g/mol. The fourth-order valence-electron chi connectivity index (χ4n) is 1.57. The molecule has 0 aliphatic carbocycles. The van der Waals surface area contributed by atoms with Gasteiger partial charge in [0.05, 0.1) is 12.8 Å². The van der Waals surface area contributed by atoms with E-state index in [-0.39, 0.29) is 5.82 Å². The van der Waals surface area contributed by atoms with E-state index in [2.05, 4.69) is 21.2 Å². The van der Waals surface area contributed by atoms with Crippen molar-refractivity contribution in [1.82, 2.24) is 0 Å². The van der Waals surface area contributed by atoms with Crippen molar-refractivity contribution in [1.29, 1.82) is 0 Å². The van der Waals surface area contributed by atoms with Gasteiger partial charge in [0.25, 0.3) is 0 Å². The average Bonchev–Trinajstić information content (AvgIpc) is 2.38. The van der Waals surface area contributed by atoms with Gasteiger partial charge in [-0.2, -0.15) is 0 Å². The van der Waals surface area contributed by atoms with Gasteiger partial charge in [-0.1, -0.05) is 28.1 Å². The van der Waals surface area contributed by atoms with Crippen LogP contribution in [0.5, 0.6) is 5.75 Å². The lowest BCUT2D eigenvalue weighted by molar-refractivity contribution is 0.414. The summed E-state index contributed by atoms with van der Waals surface area (Å²) in [5.41, 5.74) is 1.56. The normalized spacial score (nSPS) is 10.2. The molecule has 0 amide bonds. The molecule has 2 nitrogen and oxygen atoms in total. The third-order valence-corrected chi connectivity index (χ3v) is 3.07. The van der Waals surface area contributed by atoms with Crippen LogP contribution < -0.4 is 10.1 Å². The fourth-order valence-corrected chi connectivity index (χ4v) is 1.91. The van der Waals surface area contributed by atoms with Gasteiger partial charge in [0, 0.05) is 11.0 Å². The molecule has 2 aromatic rings. The van der Waals surface area contributed by atoms with Crippen LogP contribution in [0.25, 0.3) is 0 Å². The molecule has 0 unspecified atom stereocenters. The molecule has 0 bridgehead atoms. The maximum absolute atomic E-state index is 13.6. The molecule has 0 heterocycles. The summed E-state index contributed by atoms with van der Waals surface area (Å²) in [6.45, 7) is 0.572.